The average Bonchev–Trinajstić information content (AvgIpc) is 3.00. The fourth-order valence-electron chi connectivity index (χ4n) is 5.62. The molecule has 1 unspecified atom stereocenters. The monoisotopic (exact) mass is 462 g/mol. The standard InChI is InChI=1S/C30H38O4/c1-20-4-8-23(9-5-20)24-12-14-26(15-13-24)30(32)34-28-17-16-27(18-22(3)19-28)33-29(31)25-10-6-21(2)7-11-25/h6-7,10-11,16-20,22-24,26H,4-5,8-9,12-15H2,1-3H3. The molecule has 3 aliphatic carbocycles. The van der Waals surface area contributed by atoms with E-state index in [2.05, 4.69) is 6.92 Å². The number of hydrogen-bond donors (Lipinski definition) is 0. The molecule has 4 nitrogen and oxygen atoms in total. The maximum absolute atomic E-state index is 12.9. The lowest BCUT2D eigenvalue weighted by Crippen LogP contribution is -2.28. The molecule has 34 heavy (non-hydrogen) atoms. The molecule has 1 aromatic carbocycles. The first-order valence-corrected chi connectivity index (χ1v) is 13.0. The number of rotatable bonds is 5. The Morgan fingerprint density at radius 3 is 1.85 bits per heavy atom. The molecule has 0 spiro atoms. The van der Waals surface area contributed by atoms with Crippen LogP contribution in [0.3, 0.4) is 0 Å². The molecule has 0 N–H and O–H groups in total. The van der Waals surface area contributed by atoms with Gasteiger partial charge in [-0.1, -0.05) is 44.4 Å². The van der Waals surface area contributed by atoms with E-state index in [0.29, 0.717) is 17.1 Å². The summed E-state index contributed by atoms with van der Waals surface area (Å²) < 4.78 is 11.4. The van der Waals surface area contributed by atoms with Crippen LogP contribution in [0, 0.1) is 36.5 Å². The lowest BCUT2D eigenvalue weighted by Gasteiger charge is -2.36. The summed E-state index contributed by atoms with van der Waals surface area (Å²) >= 11 is 0. The van der Waals surface area contributed by atoms with E-state index < -0.39 is 5.97 Å². The summed E-state index contributed by atoms with van der Waals surface area (Å²) in [5.74, 6) is 2.94. The van der Waals surface area contributed by atoms with Crippen LogP contribution in [0.2, 0.25) is 0 Å². The van der Waals surface area contributed by atoms with Gasteiger partial charge in [0, 0.05) is 0 Å². The zero-order valence-electron chi connectivity index (χ0n) is 20.8. The van der Waals surface area contributed by atoms with Crippen LogP contribution in [0.5, 0.6) is 0 Å². The number of carbonyl (C=O) groups excluding carboxylic acids is 2. The number of esters is 2. The minimum atomic E-state index is -0.396. The van der Waals surface area contributed by atoms with Crippen LogP contribution in [-0.4, -0.2) is 11.9 Å². The van der Waals surface area contributed by atoms with Crippen molar-refractivity contribution < 1.29 is 19.1 Å². The minimum Gasteiger partial charge on any atom is -0.427 e. The fourth-order valence-corrected chi connectivity index (χ4v) is 5.62. The van der Waals surface area contributed by atoms with Gasteiger partial charge in [-0.2, -0.15) is 0 Å². The minimum absolute atomic E-state index is 0.0154. The zero-order valence-corrected chi connectivity index (χ0v) is 20.8. The third kappa shape index (κ3) is 6.49. The maximum atomic E-state index is 12.9. The molecule has 3 aliphatic rings. The lowest BCUT2D eigenvalue weighted by molar-refractivity contribution is -0.145. The van der Waals surface area contributed by atoms with Crippen LogP contribution in [0.15, 0.2) is 60.1 Å². The van der Waals surface area contributed by atoms with Crippen molar-refractivity contribution in [1.82, 2.24) is 0 Å². The van der Waals surface area contributed by atoms with Crippen molar-refractivity contribution in [3.05, 3.63) is 71.2 Å². The molecule has 182 valence electrons. The van der Waals surface area contributed by atoms with Gasteiger partial charge in [-0.3, -0.25) is 4.79 Å². The first kappa shape index (κ1) is 24.5. The third-order valence-electron chi connectivity index (χ3n) is 7.81. The predicted octanol–water partition coefficient (Wildman–Crippen LogP) is 7.30. The van der Waals surface area contributed by atoms with Gasteiger partial charge in [-0.15, -0.1) is 0 Å². The van der Waals surface area contributed by atoms with E-state index >= 15 is 0 Å². The highest BCUT2D eigenvalue weighted by atomic mass is 16.5. The van der Waals surface area contributed by atoms with Gasteiger partial charge >= 0.3 is 11.9 Å². The Bertz CT molecular complexity index is 952. The highest BCUT2D eigenvalue weighted by molar-refractivity contribution is 5.90. The van der Waals surface area contributed by atoms with Gasteiger partial charge in [-0.25, -0.2) is 4.79 Å². The summed E-state index contributed by atoms with van der Waals surface area (Å²) in [6.07, 6.45) is 16.8. The molecule has 2 fully saturated rings. The summed E-state index contributed by atoms with van der Waals surface area (Å²) in [5.41, 5.74) is 1.60. The second kappa shape index (κ2) is 11.2. The molecular weight excluding hydrogens is 424 g/mol. The van der Waals surface area contributed by atoms with E-state index in [9.17, 15) is 9.59 Å². The smallest absolute Gasteiger partial charge is 0.343 e. The van der Waals surface area contributed by atoms with Crippen molar-refractivity contribution in [3.63, 3.8) is 0 Å². The van der Waals surface area contributed by atoms with E-state index in [1.54, 1.807) is 24.3 Å². The van der Waals surface area contributed by atoms with Gasteiger partial charge in [0.05, 0.1) is 11.5 Å². The molecular formula is C30H38O4. The second-order valence-electron chi connectivity index (χ2n) is 10.6. The Kier molecular flexibility index (Phi) is 8.07. The van der Waals surface area contributed by atoms with Gasteiger partial charge in [0.1, 0.15) is 11.5 Å². The van der Waals surface area contributed by atoms with Crippen molar-refractivity contribution in [1.29, 1.82) is 0 Å². The fraction of sp³-hybridized carbons (Fsp3) is 0.533. The van der Waals surface area contributed by atoms with Crippen molar-refractivity contribution in [3.8, 4) is 0 Å². The topological polar surface area (TPSA) is 52.6 Å². The van der Waals surface area contributed by atoms with E-state index in [-0.39, 0.29) is 17.8 Å². The second-order valence-corrected chi connectivity index (χ2v) is 10.6. The molecule has 1 atom stereocenters. The Hall–Kier alpha value is -2.62. The Labute approximate surface area is 204 Å². The summed E-state index contributed by atoms with van der Waals surface area (Å²) in [6, 6.07) is 7.30. The van der Waals surface area contributed by atoms with Gasteiger partial charge in [0.15, 0.2) is 0 Å². The molecule has 4 heteroatoms. The molecule has 2 saturated carbocycles. The van der Waals surface area contributed by atoms with E-state index in [4.69, 9.17) is 9.47 Å². The molecule has 0 bridgehead atoms. The Morgan fingerprint density at radius 2 is 1.26 bits per heavy atom. The number of allylic oxidation sites excluding steroid dienone is 4. The number of aryl methyl sites for hydroxylation is 1. The molecule has 0 heterocycles. The quantitative estimate of drug-likeness (QED) is 0.431. The molecule has 4 rings (SSSR count). The number of hydrogen-bond acceptors (Lipinski definition) is 4. The van der Waals surface area contributed by atoms with Crippen molar-refractivity contribution in [2.75, 3.05) is 0 Å². The highest BCUT2D eigenvalue weighted by Gasteiger charge is 2.33. The van der Waals surface area contributed by atoms with Gasteiger partial charge in [0.25, 0.3) is 0 Å². The number of benzene rings is 1. The normalized spacial score (nSPS) is 29.4. The van der Waals surface area contributed by atoms with Gasteiger partial charge in [-0.05, 0) is 106 Å². The van der Waals surface area contributed by atoms with Crippen LogP contribution in [0.25, 0.3) is 0 Å². The van der Waals surface area contributed by atoms with E-state index in [0.717, 1.165) is 49.0 Å². The van der Waals surface area contributed by atoms with Crippen LogP contribution in [0.1, 0.15) is 81.1 Å². The number of ether oxygens (including phenoxy) is 2. The molecule has 0 radical (unpaired) electrons. The Morgan fingerprint density at radius 1 is 0.735 bits per heavy atom. The zero-order chi connectivity index (χ0) is 24.1. The van der Waals surface area contributed by atoms with Gasteiger partial charge < -0.3 is 9.47 Å². The van der Waals surface area contributed by atoms with Crippen molar-refractivity contribution in [2.45, 2.75) is 72.1 Å². The Balaban J connectivity index is 1.27. The molecule has 0 aliphatic heterocycles. The summed E-state index contributed by atoms with van der Waals surface area (Å²) in [7, 11) is 0. The lowest BCUT2D eigenvalue weighted by atomic mass is 9.69. The average molecular weight is 463 g/mol. The molecule has 0 saturated heterocycles. The largest absolute Gasteiger partial charge is 0.427 e. The van der Waals surface area contributed by atoms with Gasteiger partial charge in [0.2, 0.25) is 0 Å². The highest BCUT2D eigenvalue weighted by Crippen LogP contribution is 2.41. The van der Waals surface area contributed by atoms with Crippen molar-refractivity contribution >= 4 is 11.9 Å². The first-order valence-electron chi connectivity index (χ1n) is 13.0. The first-order chi connectivity index (χ1) is 16.4. The van der Waals surface area contributed by atoms with Crippen LogP contribution >= 0.6 is 0 Å². The van der Waals surface area contributed by atoms with Crippen LogP contribution in [0.4, 0.5) is 0 Å². The van der Waals surface area contributed by atoms with E-state index in [1.165, 1.54) is 25.7 Å². The molecule has 1 aromatic rings. The van der Waals surface area contributed by atoms with Crippen LogP contribution in [-0.2, 0) is 14.3 Å². The SMILES string of the molecule is Cc1ccc(C(=O)OC2=CC(C)C=C(OC(=O)C3CCC(C4CCC(C)CC4)CC3)C=C2)cc1. The van der Waals surface area contributed by atoms with E-state index in [1.807, 2.05) is 38.1 Å². The summed E-state index contributed by atoms with van der Waals surface area (Å²) in [6.45, 7) is 6.33. The van der Waals surface area contributed by atoms with Crippen LogP contribution < -0.4 is 0 Å². The summed E-state index contributed by atoms with van der Waals surface area (Å²) in [4.78, 5) is 25.4. The number of carbonyl (C=O) groups is 2. The molecule has 0 aromatic heterocycles. The summed E-state index contributed by atoms with van der Waals surface area (Å²) in [5, 5.41) is 0. The molecule has 0 amide bonds. The predicted molar refractivity (Wildman–Crippen MR) is 134 cm³/mol. The maximum Gasteiger partial charge on any atom is 0.343 e. The third-order valence-corrected chi connectivity index (χ3v) is 7.81. The van der Waals surface area contributed by atoms with Crippen molar-refractivity contribution in [2.24, 2.45) is 29.6 Å².